The average molecular weight is 286 g/mol. The predicted octanol–water partition coefficient (Wildman–Crippen LogP) is 3.14. The number of methoxy groups -OCH3 is 3. The highest BCUT2D eigenvalue weighted by Gasteiger charge is 2.17. The molecule has 0 aliphatic rings. The second kappa shape index (κ2) is 6.79. The molecule has 0 unspecified atom stereocenters. The zero-order chi connectivity index (χ0) is 15.2. The minimum atomic E-state index is 0.000420. The van der Waals surface area contributed by atoms with Crippen LogP contribution in [0.5, 0.6) is 17.2 Å². The highest BCUT2D eigenvalue weighted by Crippen LogP contribution is 2.38. The van der Waals surface area contributed by atoms with Gasteiger partial charge in [0.05, 0.1) is 21.3 Å². The summed E-state index contributed by atoms with van der Waals surface area (Å²) in [5.74, 6) is 1.44. The Labute approximate surface area is 124 Å². The third-order valence-electron chi connectivity index (χ3n) is 3.19. The number of hydrogen-bond donors (Lipinski definition) is 0. The van der Waals surface area contributed by atoms with Crippen LogP contribution in [0.2, 0.25) is 0 Å². The van der Waals surface area contributed by atoms with E-state index in [1.165, 1.54) is 21.3 Å². The van der Waals surface area contributed by atoms with E-state index in [4.69, 9.17) is 14.2 Å². The Morgan fingerprint density at radius 1 is 0.905 bits per heavy atom. The molecule has 0 N–H and O–H groups in total. The Morgan fingerprint density at radius 3 is 1.95 bits per heavy atom. The average Bonchev–Trinajstić information content (AvgIpc) is 2.54. The summed E-state index contributed by atoms with van der Waals surface area (Å²) in [6.07, 6.45) is 0.333. The van der Waals surface area contributed by atoms with Crippen LogP contribution in [0.15, 0.2) is 42.5 Å². The molecule has 0 spiro atoms. The molecular weight excluding hydrogens is 268 g/mol. The Bertz CT molecular complexity index is 595. The monoisotopic (exact) mass is 286 g/mol. The van der Waals surface area contributed by atoms with Gasteiger partial charge in [-0.25, -0.2) is 0 Å². The fourth-order valence-electron chi connectivity index (χ4n) is 2.13. The summed E-state index contributed by atoms with van der Waals surface area (Å²) in [5.41, 5.74) is 1.50. The third-order valence-corrected chi connectivity index (χ3v) is 3.19. The van der Waals surface area contributed by atoms with Crippen molar-refractivity contribution in [2.75, 3.05) is 21.3 Å². The molecule has 0 heterocycles. The molecular formula is C17H18O4. The van der Waals surface area contributed by atoms with E-state index in [1.807, 2.05) is 30.3 Å². The fraction of sp³-hybridized carbons (Fsp3) is 0.235. The molecule has 0 bridgehead atoms. The van der Waals surface area contributed by atoms with Gasteiger partial charge in [-0.05, 0) is 17.7 Å². The lowest BCUT2D eigenvalue weighted by atomic mass is 10.0. The number of Topliss-reactive ketones (excluding diaryl/α,β-unsaturated/α-hetero) is 1. The van der Waals surface area contributed by atoms with Gasteiger partial charge in [0.1, 0.15) is 0 Å². The van der Waals surface area contributed by atoms with Crippen molar-refractivity contribution in [3.05, 3.63) is 53.6 Å². The number of benzene rings is 2. The highest BCUT2D eigenvalue weighted by molar-refractivity contribution is 5.98. The fourth-order valence-corrected chi connectivity index (χ4v) is 2.13. The number of ketones is 1. The van der Waals surface area contributed by atoms with Gasteiger partial charge in [0, 0.05) is 12.0 Å². The normalized spacial score (nSPS) is 10.0. The zero-order valence-electron chi connectivity index (χ0n) is 12.4. The molecule has 0 radical (unpaired) electrons. The van der Waals surface area contributed by atoms with Crippen LogP contribution in [0, 0.1) is 0 Å². The summed E-state index contributed by atoms with van der Waals surface area (Å²) in [6.45, 7) is 0. The van der Waals surface area contributed by atoms with Gasteiger partial charge in [-0.15, -0.1) is 0 Å². The zero-order valence-corrected chi connectivity index (χ0v) is 12.4. The number of carbonyl (C=O) groups is 1. The number of hydrogen-bond acceptors (Lipinski definition) is 4. The first-order chi connectivity index (χ1) is 10.2. The molecule has 0 amide bonds. The van der Waals surface area contributed by atoms with Gasteiger partial charge in [-0.3, -0.25) is 4.79 Å². The molecule has 0 aliphatic heterocycles. The van der Waals surface area contributed by atoms with E-state index < -0.39 is 0 Å². The summed E-state index contributed by atoms with van der Waals surface area (Å²) in [6, 6.07) is 13.0. The molecule has 2 aromatic rings. The van der Waals surface area contributed by atoms with Gasteiger partial charge in [-0.1, -0.05) is 30.3 Å². The lowest BCUT2D eigenvalue weighted by Crippen LogP contribution is -2.05. The van der Waals surface area contributed by atoms with Gasteiger partial charge in [0.25, 0.3) is 0 Å². The standard InChI is InChI=1S/C17H18O4/c1-19-15-10-13(11-16(20-2)17(15)21-3)14(18)9-12-7-5-4-6-8-12/h4-8,10-11H,9H2,1-3H3. The van der Waals surface area contributed by atoms with Gasteiger partial charge in [0.15, 0.2) is 17.3 Å². The Balaban J connectivity index is 2.33. The second-order valence-corrected chi connectivity index (χ2v) is 4.50. The maximum Gasteiger partial charge on any atom is 0.203 e. The predicted molar refractivity (Wildman–Crippen MR) is 80.6 cm³/mol. The van der Waals surface area contributed by atoms with Crippen molar-refractivity contribution >= 4 is 5.78 Å². The van der Waals surface area contributed by atoms with Crippen LogP contribution in [0.4, 0.5) is 0 Å². The molecule has 110 valence electrons. The lowest BCUT2D eigenvalue weighted by molar-refractivity contribution is 0.0992. The summed E-state index contributed by atoms with van der Waals surface area (Å²) in [7, 11) is 4.59. The Hall–Kier alpha value is -2.49. The molecule has 2 aromatic carbocycles. The quantitative estimate of drug-likeness (QED) is 0.765. The van der Waals surface area contributed by atoms with E-state index in [2.05, 4.69) is 0 Å². The molecule has 0 aliphatic carbocycles. The highest BCUT2D eigenvalue weighted by atomic mass is 16.5. The first-order valence-corrected chi connectivity index (χ1v) is 6.56. The van der Waals surface area contributed by atoms with Crippen LogP contribution in [0.25, 0.3) is 0 Å². The molecule has 0 saturated heterocycles. The summed E-state index contributed by atoms with van der Waals surface area (Å²) < 4.78 is 15.8. The van der Waals surface area contributed by atoms with Crippen LogP contribution >= 0.6 is 0 Å². The van der Waals surface area contributed by atoms with E-state index in [0.29, 0.717) is 29.2 Å². The minimum Gasteiger partial charge on any atom is -0.493 e. The SMILES string of the molecule is COc1cc(C(=O)Cc2ccccc2)cc(OC)c1OC. The number of rotatable bonds is 6. The summed E-state index contributed by atoms with van der Waals surface area (Å²) in [4.78, 5) is 12.4. The maximum atomic E-state index is 12.4. The smallest absolute Gasteiger partial charge is 0.203 e. The molecule has 21 heavy (non-hydrogen) atoms. The van der Waals surface area contributed by atoms with Crippen molar-refractivity contribution in [1.29, 1.82) is 0 Å². The molecule has 4 nitrogen and oxygen atoms in total. The maximum absolute atomic E-state index is 12.4. The topological polar surface area (TPSA) is 44.8 Å². The third kappa shape index (κ3) is 3.34. The van der Waals surface area contributed by atoms with E-state index in [0.717, 1.165) is 5.56 Å². The van der Waals surface area contributed by atoms with Crippen molar-refractivity contribution in [3.63, 3.8) is 0 Å². The van der Waals surface area contributed by atoms with Crippen LogP contribution in [-0.2, 0) is 6.42 Å². The largest absolute Gasteiger partial charge is 0.493 e. The molecule has 0 aromatic heterocycles. The van der Waals surface area contributed by atoms with Crippen molar-refractivity contribution in [2.24, 2.45) is 0 Å². The van der Waals surface area contributed by atoms with E-state index in [-0.39, 0.29) is 5.78 Å². The summed E-state index contributed by atoms with van der Waals surface area (Å²) >= 11 is 0. The second-order valence-electron chi connectivity index (χ2n) is 4.50. The first-order valence-electron chi connectivity index (χ1n) is 6.56. The molecule has 2 rings (SSSR count). The van der Waals surface area contributed by atoms with Crippen molar-refractivity contribution in [1.82, 2.24) is 0 Å². The Kier molecular flexibility index (Phi) is 4.82. The van der Waals surface area contributed by atoms with E-state index in [9.17, 15) is 4.79 Å². The van der Waals surface area contributed by atoms with Gasteiger partial charge < -0.3 is 14.2 Å². The molecule has 0 saturated carbocycles. The first kappa shape index (κ1) is 14.9. The number of carbonyl (C=O) groups excluding carboxylic acids is 1. The van der Waals surface area contributed by atoms with Crippen LogP contribution in [0.1, 0.15) is 15.9 Å². The molecule has 4 heteroatoms. The van der Waals surface area contributed by atoms with Crippen molar-refractivity contribution in [3.8, 4) is 17.2 Å². The Morgan fingerprint density at radius 2 is 1.48 bits per heavy atom. The van der Waals surface area contributed by atoms with Crippen LogP contribution in [-0.4, -0.2) is 27.1 Å². The van der Waals surface area contributed by atoms with Gasteiger partial charge >= 0.3 is 0 Å². The van der Waals surface area contributed by atoms with Gasteiger partial charge in [0.2, 0.25) is 5.75 Å². The van der Waals surface area contributed by atoms with Crippen LogP contribution < -0.4 is 14.2 Å². The van der Waals surface area contributed by atoms with Crippen molar-refractivity contribution in [2.45, 2.75) is 6.42 Å². The molecule has 0 fully saturated rings. The summed E-state index contributed by atoms with van der Waals surface area (Å²) in [5, 5.41) is 0. The number of ether oxygens (including phenoxy) is 3. The van der Waals surface area contributed by atoms with Crippen LogP contribution in [0.3, 0.4) is 0 Å². The van der Waals surface area contributed by atoms with E-state index in [1.54, 1.807) is 12.1 Å². The lowest BCUT2D eigenvalue weighted by Gasteiger charge is -2.13. The minimum absolute atomic E-state index is 0.000420. The van der Waals surface area contributed by atoms with Gasteiger partial charge in [-0.2, -0.15) is 0 Å². The van der Waals surface area contributed by atoms with E-state index >= 15 is 0 Å². The molecule has 0 atom stereocenters. The van der Waals surface area contributed by atoms with Crippen molar-refractivity contribution < 1.29 is 19.0 Å².